The predicted molar refractivity (Wildman–Crippen MR) is 122 cm³/mol. The van der Waals surface area contributed by atoms with Crippen LogP contribution in [0.5, 0.6) is 17.4 Å². The van der Waals surface area contributed by atoms with Gasteiger partial charge in [-0.15, -0.1) is 10.2 Å². The van der Waals surface area contributed by atoms with Crippen LogP contribution in [0.2, 0.25) is 0 Å². The molecule has 32 heavy (non-hydrogen) atoms. The topological polar surface area (TPSA) is 86.7 Å². The van der Waals surface area contributed by atoms with Gasteiger partial charge in [0.1, 0.15) is 11.5 Å². The van der Waals surface area contributed by atoms with Gasteiger partial charge in [-0.25, -0.2) is 0 Å². The Morgan fingerprint density at radius 1 is 1.16 bits per heavy atom. The van der Waals surface area contributed by atoms with Crippen molar-refractivity contribution in [2.24, 2.45) is 0 Å². The number of hydrogen-bond acceptors (Lipinski definition) is 8. The predicted octanol–water partition coefficient (Wildman–Crippen LogP) is 4.50. The van der Waals surface area contributed by atoms with Crippen LogP contribution in [0.3, 0.4) is 0 Å². The first-order valence-electron chi connectivity index (χ1n) is 10.2. The molecule has 1 aromatic heterocycles. The zero-order chi connectivity index (χ0) is 22.7. The average Bonchev–Trinajstić information content (AvgIpc) is 2.97. The molecule has 0 N–H and O–H groups in total. The van der Waals surface area contributed by atoms with Crippen molar-refractivity contribution < 1.29 is 19.0 Å². The number of hydrogen-bond donors (Lipinski definition) is 0. The number of methoxy groups -OCH3 is 2. The number of benzene rings is 2. The molecule has 0 fully saturated rings. The van der Waals surface area contributed by atoms with E-state index in [1.807, 2.05) is 49.6 Å². The Bertz CT molecular complexity index is 1140. The summed E-state index contributed by atoms with van der Waals surface area (Å²) in [4.78, 5) is 19.6. The van der Waals surface area contributed by atoms with Crippen LogP contribution in [0.15, 0.2) is 47.6 Å². The van der Waals surface area contributed by atoms with E-state index >= 15 is 0 Å². The maximum absolute atomic E-state index is 13.4. The van der Waals surface area contributed by atoms with Gasteiger partial charge in [0.2, 0.25) is 23.2 Å². The van der Waals surface area contributed by atoms with Crippen LogP contribution in [0, 0.1) is 0 Å². The molecule has 2 heterocycles. The first-order valence-corrected chi connectivity index (χ1v) is 11.4. The van der Waals surface area contributed by atoms with Crippen LogP contribution in [-0.2, 0) is 4.79 Å². The van der Waals surface area contributed by atoms with Crippen molar-refractivity contribution in [1.82, 2.24) is 15.2 Å². The summed E-state index contributed by atoms with van der Waals surface area (Å²) in [5.41, 5.74) is 2.57. The van der Waals surface area contributed by atoms with Gasteiger partial charge in [0.25, 0.3) is 0 Å². The quantitative estimate of drug-likeness (QED) is 0.505. The molecule has 8 nitrogen and oxygen atoms in total. The van der Waals surface area contributed by atoms with Crippen molar-refractivity contribution in [1.29, 1.82) is 0 Å². The van der Waals surface area contributed by atoms with Crippen LogP contribution >= 0.6 is 11.8 Å². The highest BCUT2D eigenvalue weighted by Gasteiger charge is 2.37. The van der Waals surface area contributed by atoms with Crippen LogP contribution in [-0.4, -0.2) is 41.6 Å². The number of aromatic nitrogens is 3. The molecule has 0 unspecified atom stereocenters. The van der Waals surface area contributed by atoms with Gasteiger partial charge >= 0.3 is 0 Å². The molecule has 0 radical (unpaired) electrons. The standard InChI is InChI=1S/C23H24N4O4S/c1-5-8-19(28)27-17-10-7-6-9-15(17)20-21(24-23(32-4)26-25-20)31-22(27)16-12-11-14(29-2)13-18(16)30-3/h6-7,9-13,22H,5,8H2,1-4H3/t22-/m0/s1. The van der Waals surface area contributed by atoms with Crippen molar-refractivity contribution >= 4 is 23.4 Å². The van der Waals surface area contributed by atoms with Gasteiger partial charge in [-0.1, -0.05) is 36.9 Å². The minimum absolute atomic E-state index is 0.0753. The third kappa shape index (κ3) is 3.95. The lowest BCUT2D eigenvalue weighted by Crippen LogP contribution is -2.37. The number of fused-ring (bicyclic) bond motifs is 3. The summed E-state index contributed by atoms with van der Waals surface area (Å²) in [7, 11) is 3.16. The molecule has 0 bridgehead atoms. The maximum atomic E-state index is 13.4. The van der Waals surface area contributed by atoms with Gasteiger partial charge < -0.3 is 14.2 Å². The van der Waals surface area contributed by atoms with Crippen molar-refractivity contribution in [3.05, 3.63) is 48.0 Å². The smallest absolute Gasteiger partial charge is 0.247 e. The van der Waals surface area contributed by atoms with Gasteiger partial charge in [0.15, 0.2) is 5.69 Å². The molecule has 1 aliphatic rings. The van der Waals surface area contributed by atoms with E-state index < -0.39 is 6.23 Å². The van der Waals surface area contributed by atoms with Gasteiger partial charge in [-0.2, -0.15) is 4.98 Å². The molecular weight excluding hydrogens is 428 g/mol. The summed E-state index contributed by atoms with van der Waals surface area (Å²) in [5.74, 6) is 1.41. The number of para-hydroxylation sites is 1. The number of carbonyl (C=O) groups excluding carboxylic acids is 1. The van der Waals surface area contributed by atoms with E-state index in [9.17, 15) is 4.79 Å². The summed E-state index contributed by atoms with van der Waals surface area (Å²) in [6.07, 6.45) is 2.11. The molecular formula is C23H24N4O4S. The normalized spacial score (nSPS) is 14.6. The van der Waals surface area contributed by atoms with Crippen LogP contribution in [0.4, 0.5) is 5.69 Å². The van der Waals surface area contributed by atoms with E-state index in [0.717, 1.165) is 5.56 Å². The van der Waals surface area contributed by atoms with Crippen LogP contribution < -0.4 is 19.1 Å². The van der Waals surface area contributed by atoms with Gasteiger partial charge in [-0.3, -0.25) is 9.69 Å². The summed E-state index contributed by atoms with van der Waals surface area (Å²) in [5, 5.41) is 9.05. The molecule has 1 atom stereocenters. The molecule has 1 amide bonds. The Morgan fingerprint density at radius 2 is 1.97 bits per heavy atom. The lowest BCUT2D eigenvalue weighted by molar-refractivity contribution is -0.120. The fourth-order valence-electron chi connectivity index (χ4n) is 3.63. The number of anilines is 1. The monoisotopic (exact) mass is 452 g/mol. The Labute approximate surface area is 190 Å². The second-order valence-electron chi connectivity index (χ2n) is 7.06. The Balaban J connectivity index is 1.97. The lowest BCUT2D eigenvalue weighted by Gasteiger charge is -2.31. The summed E-state index contributed by atoms with van der Waals surface area (Å²) in [6, 6.07) is 13.0. The van der Waals surface area contributed by atoms with E-state index in [0.29, 0.717) is 52.3 Å². The lowest BCUT2D eigenvalue weighted by atomic mass is 10.1. The SMILES string of the molecule is CCCC(=O)N1c2ccccc2-c2nnc(SC)nc2O[C@H]1c1ccc(OC)cc1OC. The molecule has 0 saturated heterocycles. The largest absolute Gasteiger partial charge is 0.497 e. The van der Waals surface area contributed by atoms with E-state index in [4.69, 9.17) is 14.2 Å². The highest BCUT2D eigenvalue weighted by molar-refractivity contribution is 7.98. The van der Waals surface area contributed by atoms with E-state index in [-0.39, 0.29) is 5.91 Å². The van der Waals surface area contributed by atoms with Crippen molar-refractivity contribution in [2.75, 3.05) is 25.4 Å². The minimum atomic E-state index is -0.816. The fraction of sp³-hybridized carbons (Fsp3) is 0.304. The third-order valence-electron chi connectivity index (χ3n) is 5.13. The third-order valence-corrected chi connectivity index (χ3v) is 5.67. The number of ether oxygens (including phenoxy) is 3. The van der Waals surface area contributed by atoms with Crippen molar-refractivity contribution in [3.63, 3.8) is 0 Å². The van der Waals surface area contributed by atoms with E-state index in [1.54, 1.807) is 25.2 Å². The summed E-state index contributed by atoms with van der Waals surface area (Å²) >= 11 is 1.37. The molecule has 0 aliphatic carbocycles. The van der Waals surface area contributed by atoms with Crippen molar-refractivity contribution in [3.8, 4) is 28.6 Å². The van der Waals surface area contributed by atoms with E-state index in [1.165, 1.54) is 11.8 Å². The first kappa shape index (κ1) is 21.9. The Hall–Kier alpha value is -3.33. The Kier molecular flexibility index (Phi) is 6.45. The zero-order valence-corrected chi connectivity index (χ0v) is 19.2. The fourth-order valence-corrected chi connectivity index (χ4v) is 3.93. The summed E-state index contributed by atoms with van der Waals surface area (Å²) < 4.78 is 17.4. The first-order chi connectivity index (χ1) is 15.6. The molecule has 9 heteroatoms. The molecule has 2 aromatic carbocycles. The Morgan fingerprint density at radius 3 is 2.69 bits per heavy atom. The van der Waals surface area contributed by atoms with E-state index in [2.05, 4.69) is 15.2 Å². The average molecular weight is 453 g/mol. The van der Waals surface area contributed by atoms with Gasteiger partial charge in [-0.05, 0) is 30.9 Å². The molecule has 4 rings (SSSR count). The van der Waals surface area contributed by atoms with Crippen LogP contribution in [0.1, 0.15) is 31.6 Å². The summed E-state index contributed by atoms with van der Waals surface area (Å²) in [6.45, 7) is 1.97. The molecule has 0 spiro atoms. The zero-order valence-electron chi connectivity index (χ0n) is 18.4. The van der Waals surface area contributed by atoms with Crippen molar-refractivity contribution in [2.45, 2.75) is 31.1 Å². The number of amides is 1. The highest BCUT2D eigenvalue weighted by atomic mass is 32.2. The molecule has 0 saturated carbocycles. The number of thioether (sulfide) groups is 1. The molecule has 166 valence electrons. The second kappa shape index (κ2) is 9.44. The van der Waals surface area contributed by atoms with Gasteiger partial charge in [0.05, 0.1) is 25.5 Å². The molecule has 1 aliphatic heterocycles. The number of nitrogens with zero attached hydrogens (tertiary/aromatic N) is 4. The highest BCUT2D eigenvalue weighted by Crippen LogP contribution is 2.45. The number of carbonyl (C=O) groups is 1. The van der Waals surface area contributed by atoms with Gasteiger partial charge in [0, 0.05) is 18.1 Å². The number of rotatable bonds is 6. The second-order valence-corrected chi connectivity index (χ2v) is 7.83. The van der Waals surface area contributed by atoms with Crippen LogP contribution in [0.25, 0.3) is 11.3 Å². The molecule has 3 aromatic rings. The maximum Gasteiger partial charge on any atom is 0.247 e. The minimum Gasteiger partial charge on any atom is -0.497 e.